The molecule has 2 atom stereocenters. The first kappa shape index (κ1) is 27.0. The monoisotopic (exact) mass is 514 g/mol. The van der Waals surface area contributed by atoms with E-state index in [2.05, 4.69) is 10.3 Å². The predicted molar refractivity (Wildman–Crippen MR) is 139 cm³/mol. The number of halogens is 1. The summed E-state index contributed by atoms with van der Waals surface area (Å²) in [6, 6.07) is 11.7. The Kier molecular flexibility index (Phi) is 8.57. The molecule has 0 unspecified atom stereocenters. The second kappa shape index (κ2) is 11.4. The first-order valence-electron chi connectivity index (χ1n) is 11.6. The lowest BCUT2D eigenvalue weighted by Crippen LogP contribution is -2.46. The minimum absolute atomic E-state index is 0.0238. The molecule has 0 bridgehead atoms. The lowest BCUT2D eigenvalue weighted by molar-refractivity contribution is -0.146. The Labute approximate surface area is 214 Å². The topological polar surface area (TPSA) is 104 Å². The smallest absolute Gasteiger partial charge is 0.355 e. The van der Waals surface area contributed by atoms with E-state index in [1.165, 1.54) is 11.7 Å². The molecular weight excluding hydrogens is 484 g/mol. The summed E-state index contributed by atoms with van der Waals surface area (Å²) in [5.74, 6) is -0.449. The highest BCUT2D eigenvalue weighted by atomic mass is 35.5. The maximum absolute atomic E-state index is 13.6. The molecular formula is C26H31ClN4O5. The highest BCUT2D eigenvalue weighted by Crippen LogP contribution is 2.25. The number of anilines is 2. The number of esters is 1. The highest BCUT2D eigenvalue weighted by molar-refractivity contribution is 6.30. The maximum atomic E-state index is 13.6. The van der Waals surface area contributed by atoms with Crippen molar-refractivity contribution in [3.05, 3.63) is 79.6 Å². The van der Waals surface area contributed by atoms with Gasteiger partial charge in [0.1, 0.15) is 5.75 Å². The Morgan fingerprint density at radius 2 is 1.75 bits per heavy atom. The minimum Gasteiger partial charge on any atom is -0.491 e. The summed E-state index contributed by atoms with van der Waals surface area (Å²) >= 11 is 6.02. The summed E-state index contributed by atoms with van der Waals surface area (Å²) in [5, 5.41) is 3.66. The summed E-state index contributed by atoms with van der Waals surface area (Å²) in [5.41, 5.74) is 0.923. The second-order valence-electron chi connectivity index (χ2n) is 8.91. The van der Waals surface area contributed by atoms with E-state index in [9.17, 15) is 14.4 Å². The Morgan fingerprint density at radius 3 is 2.33 bits per heavy atom. The van der Waals surface area contributed by atoms with Crippen LogP contribution in [0.2, 0.25) is 5.02 Å². The molecule has 0 aliphatic carbocycles. The third-order valence-corrected chi connectivity index (χ3v) is 6.10. The van der Waals surface area contributed by atoms with Gasteiger partial charge in [0.15, 0.2) is 0 Å². The van der Waals surface area contributed by atoms with Crippen molar-refractivity contribution >= 4 is 29.2 Å². The van der Waals surface area contributed by atoms with Gasteiger partial charge in [-0.3, -0.25) is 9.36 Å². The van der Waals surface area contributed by atoms with Gasteiger partial charge in [-0.05, 0) is 76.1 Å². The van der Waals surface area contributed by atoms with Gasteiger partial charge < -0.3 is 14.8 Å². The van der Waals surface area contributed by atoms with Gasteiger partial charge in [-0.1, -0.05) is 23.7 Å². The van der Waals surface area contributed by atoms with Crippen molar-refractivity contribution in [2.45, 2.75) is 53.3 Å². The van der Waals surface area contributed by atoms with Gasteiger partial charge in [0, 0.05) is 10.7 Å². The van der Waals surface area contributed by atoms with Gasteiger partial charge in [-0.15, -0.1) is 0 Å². The second-order valence-corrected chi connectivity index (χ2v) is 9.34. The van der Waals surface area contributed by atoms with E-state index < -0.39 is 29.3 Å². The summed E-state index contributed by atoms with van der Waals surface area (Å²) in [4.78, 5) is 42.9. The fourth-order valence-electron chi connectivity index (χ4n) is 3.71. The fraction of sp³-hybridized carbons (Fsp3) is 0.385. The van der Waals surface area contributed by atoms with Gasteiger partial charge in [-0.2, -0.15) is 4.98 Å². The van der Waals surface area contributed by atoms with E-state index >= 15 is 0 Å². The molecule has 0 spiro atoms. The zero-order valence-corrected chi connectivity index (χ0v) is 22.0. The standard InChI is InChI=1S/C26H31ClN4O5/c1-15(2)36-22-12-11-21(13-16(22)3)28-24-29-25(33)31(18(5)17(4)23(32)35-6)26(34)30(24)14-19-7-9-20(27)10-8-19/h7-13,15,17-18H,14H2,1-6H3,(H,28,29,33)/t17-,18+/m1/s1. The number of ether oxygens (including phenoxy) is 2. The molecule has 2 aromatic carbocycles. The van der Waals surface area contributed by atoms with Gasteiger partial charge in [0.05, 0.1) is 31.7 Å². The van der Waals surface area contributed by atoms with Crippen LogP contribution in [0.25, 0.3) is 0 Å². The van der Waals surface area contributed by atoms with Crippen LogP contribution in [0.4, 0.5) is 11.6 Å². The molecule has 0 aliphatic heterocycles. The molecule has 1 N–H and O–H groups in total. The van der Waals surface area contributed by atoms with Crippen molar-refractivity contribution in [1.82, 2.24) is 14.1 Å². The Morgan fingerprint density at radius 1 is 1.08 bits per heavy atom. The van der Waals surface area contributed by atoms with Crippen LogP contribution in [-0.4, -0.2) is 33.3 Å². The molecule has 9 nitrogen and oxygen atoms in total. The Bertz CT molecular complexity index is 1350. The number of hydrogen-bond acceptors (Lipinski definition) is 7. The van der Waals surface area contributed by atoms with E-state index in [1.54, 1.807) is 44.2 Å². The SMILES string of the molecule is COC(=O)[C@H](C)[C@H](C)n1c(=O)nc(Nc2ccc(OC(C)C)c(C)c2)n(Cc2ccc(Cl)cc2)c1=O. The quantitative estimate of drug-likeness (QED) is 0.424. The third-order valence-electron chi connectivity index (χ3n) is 5.85. The molecule has 0 saturated carbocycles. The van der Waals surface area contributed by atoms with Crippen LogP contribution in [0.1, 0.15) is 44.9 Å². The molecule has 0 saturated heterocycles. The van der Waals surface area contributed by atoms with Crippen LogP contribution in [0.5, 0.6) is 5.75 Å². The van der Waals surface area contributed by atoms with Crippen LogP contribution < -0.4 is 21.4 Å². The van der Waals surface area contributed by atoms with Crippen molar-refractivity contribution < 1.29 is 14.3 Å². The molecule has 0 aliphatic rings. The van der Waals surface area contributed by atoms with Gasteiger partial charge in [-0.25, -0.2) is 14.2 Å². The molecule has 0 amide bonds. The molecule has 0 radical (unpaired) electrons. The van der Waals surface area contributed by atoms with Crippen molar-refractivity contribution in [1.29, 1.82) is 0 Å². The molecule has 0 fully saturated rings. The minimum atomic E-state index is -0.773. The summed E-state index contributed by atoms with van der Waals surface area (Å²) < 4.78 is 12.9. The number of nitrogens with zero attached hydrogens (tertiary/aromatic N) is 3. The number of nitrogens with one attached hydrogen (secondary N) is 1. The largest absolute Gasteiger partial charge is 0.491 e. The number of rotatable bonds is 9. The summed E-state index contributed by atoms with van der Waals surface area (Å²) in [6.45, 7) is 9.14. The van der Waals surface area contributed by atoms with E-state index in [0.29, 0.717) is 10.7 Å². The molecule has 192 valence electrons. The third kappa shape index (κ3) is 6.15. The van der Waals surface area contributed by atoms with E-state index in [4.69, 9.17) is 21.1 Å². The van der Waals surface area contributed by atoms with Gasteiger partial charge in [0.2, 0.25) is 5.95 Å². The summed E-state index contributed by atoms with van der Waals surface area (Å²) in [6.07, 6.45) is 0.0238. The number of aryl methyl sites for hydroxylation is 1. The normalized spacial score (nSPS) is 12.8. The molecule has 1 heterocycles. The highest BCUT2D eigenvalue weighted by Gasteiger charge is 2.27. The number of methoxy groups -OCH3 is 1. The van der Waals surface area contributed by atoms with Crippen molar-refractivity contribution in [3.63, 3.8) is 0 Å². The number of carbonyl (C=O) groups is 1. The van der Waals surface area contributed by atoms with Crippen molar-refractivity contribution in [2.75, 3.05) is 12.4 Å². The van der Waals surface area contributed by atoms with Crippen LogP contribution in [0.3, 0.4) is 0 Å². The van der Waals surface area contributed by atoms with Gasteiger partial charge >= 0.3 is 17.3 Å². The molecule has 3 aromatic rings. The Balaban J connectivity index is 2.09. The van der Waals surface area contributed by atoms with E-state index in [0.717, 1.165) is 21.4 Å². The predicted octanol–water partition coefficient (Wildman–Crippen LogP) is 4.32. The van der Waals surface area contributed by atoms with Crippen LogP contribution >= 0.6 is 11.6 Å². The zero-order valence-electron chi connectivity index (χ0n) is 21.2. The van der Waals surface area contributed by atoms with Gasteiger partial charge in [0.25, 0.3) is 0 Å². The Hall–Kier alpha value is -3.59. The molecule has 36 heavy (non-hydrogen) atoms. The average molecular weight is 515 g/mol. The van der Waals surface area contributed by atoms with Crippen molar-refractivity contribution in [3.8, 4) is 5.75 Å². The number of benzene rings is 2. The first-order valence-corrected chi connectivity index (χ1v) is 12.0. The molecule has 1 aromatic heterocycles. The summed E-state index contributed by atoms with van der Waals surface area (Å²) in [7, 11) is 1.26. The lowest BCUT2D eigenvalue weighted by Gasteiger charge is -2.22. The lowest BCUT2D eigenvalue weighted by atomic mass is 10.0. The molecule has 10 heteroatoms. The maximum Gasteiger partial charge on any atom is 0.355 e. The number of hydrogen-bond donors (Lipinski definition) is 1. The molecule has 3 rings (SSSR count). The first-order chi connectivity index (χ1) is 17.0. The number of carbonyl (C=O) groups excluding carboxylic acids is 1. The van der Waals surface area contributed by atoms with E-state index in [-0.39, 0.29) is 18.6 Å². The van der Waals surface area contributed by atoms with Crippen LogP contribution in [-0.2, 0) is 16.1 Å². The van der Waals surface area contributed by atoms with Crippen LogP contribution in [0, 0.1) is 12.8 Å². The van der Waals surface area contributed by atoms with E-state index in [1.807, 2.05) is 32.9 Å². The average Bonchev–Trinajstić information content (AvgIpc) is 2.83. The fourth-order valence-corrected chi connectivity index (χ4v) is 3.84. The number of aromatic nitrogens is 3. The zero-order chi connectivity index (χ0) is 26.6. The van der Waals surface area contributed by atoms with Crippen LogP contribution in [0.15, 0.2) is 52.1 Å². The van der Waals surface area contributed by atoms with Crippen molar-refractivity contribution in [2.24, 2.45) is 5.92 Å².